The zero-order valence-corrected chi connectivity index (χ0v) is 7.88. The fourth-order valence-electron chi connectivity index (χ4n) is 0.886. The van der Waals surface area contributed by atoms with Crippen molar-refractivity contribution in [2.24, 2.45) is 0 Å². The van der Waals surface area contributed by atoms with E-state index in [-0.39, 0.29) is 0 Å². The predicted octanol–water partition coefficient (Wildman–Crippen LogP) is 1.73. The fourth-order valence-corrected chi connectivity index (χ4v) is 1.94. The molecule has 4 nitrogen and oxygen atoms in total. The molecular weight excluding hydrogens is 296 g/mol. The summed E-state index contributed by atoms with van der Waals surface area (Å²) in [5.74, 6) is 0. The Morgan fingerprint density at radius 2 is 1.41 bits per heavy atom. The largest absolute Gasteiger partial charge is 0.527 e. The SMILES string of the molecule is O=S1(=O)OC(F)(F)C1(F)C(F)(F)OC(F)(F)F. The van der Waals surface area contributed by atoms with Gasteiger partial charge in [0, 0.05) is 0 Å². The molecule has 1 saturated heterocycles. The van der Waals surface area contributed by atoms with E-state index < -0.39 is 33.7 Å². The highest BCUT2D eigenvalue weighted by Crippen LogP contribution is 2.59. The van der Waals surface area contributed by atoms with Gasteiger partial charge < -0.3 is 0 Å². The molecule has 0 aromatic rings. The molecule has 1 aliphatic heterocycles. The normalized spacial score (nSPS) is 32.0. The van der Waals surface area contributed by atoms with E-state index in [1.165, 1.54) is 0 Å². The Hall–Kier alpha value is -0.690. The van der Waals surface area contributed by atoms with Crippen molar-refractivity contribution in [1.82, 2.24) is 0 Å². The first-order valence-electron chi connectivity index (χ1n) is 3.33. The summed E-state index contributed by atoms with van der Waals surface area (Å²) >= 11 is 0. The van der Waals surface area contributed by atoms with Crippen molar-refractivity contribution in [3.63, 3.8) is 0 Å². The van der Waals surface area contributed by atoms with E-state index in [1.54, 1.807) is 4.74 Å². The van der Waals surface area contributed by atoms with Gasteiger partial charge in [-0.2, -0.15) is 30.2 Å². The van der Waals surface area contributed by atoms with Crippen LogP contribution >= 0.6 is 0 Å². The average molecular weight is 296 g/mol. The van der Waals surface area contributed by atoms with E-state index in [9.17, 15) is 43.5 Å². The number of halogens is 8. The van der Waals surface area contributed by atoms with Crippen LogP contribution in [-0.4, -0.2) is 32.0 Å². The van der Waals surface area contributed by atoms with Crippen LogP contribution < -0.4 is 0 Å². The molecule has 0 aromatic carbocycles. The van der Waals surface area contributed by atoms with Crippen LogP contribution in [-0.2, 0) is 19.0 Å². The van der Waals surface area contributed by atoms with Gasteiger partial charge in [-0.05, 0) is 0 Å². The van der Waals surface area contributed by atoms with E-state index >= 15 is 0 Å². The molecule has 1 rings (SSSR count). The summed E-state index contributed by atoms with van der Waals surface area (Å²) in [6.45, 7) is 0. The van der Waals surface area contributed by atoms with Crippen LogP contribution in [0.15, 0.2) is 0 Å². The van der Waals surface area contributed by atoms with Gasteiger partial charge in [0.05, 0.1) is 0 Å². The third-order valence-corrected chi connectivity index (χ3v) is 3.14. The molecule has 1 heterocycles. The minimum absolute atomic E-state index is 1.76. The van der Waals surface area contributed by atoms with Crippen molar-refractivity contribution in [2.45, 2.75) is 23.6 Å². The molecule has 0 aromatic heterocycles. The molecule has 102 valence electrons. The summed E-state index contributed by atoms with van der Waals surface area (Å²) in [7, 11) is -6.25. The van der Waals surface area contributed by atoms with Gasteiger partial charge in [-0.1, -0.05) is 0 Å². The van der Waals surface area contributed by atoms with Crippen molar-refractivity contribution in [2.75, 3.05) is 0 Å². The maximum atomic E-state index is 12.9. The number of rotatable bonds is 2. The molecule has 0 bridgehead atoms. The second-order valence-corrected chi connectivity index (χ2v) is 4.35. The van der Waals surface area contributed by atoms with E-state index in [4.69, 9.17) is 0 Å². The van der Waals surface area contributed by atoms with Crippen LogP contribution in [0.3, 0.4) is 0 Å². The Kier molecular flexibility index (Phi) is 2.70. The van der Waals surface area contributed by atoms with Gasteiger partial charge in [0.2, 0.25) is 0 Å². The molecule has 0 N–H and O–H groups in total. The summed E-state index contributed by atoms with van der Waals surface area (Å²) in [5.41, 5.74) is 0. The summed E-state index contributed by atoms with van der Waals surface area (Å²) in [6.07, 6.45) is -18.3. The van der Waals surface area contributed by atoms with Gasteiger partial charge in [0.25, 0.3) is 0 Å². The van der Waals surface area contributed by atoms with Crippen LogP contribution in [0.2, 0.25) is 0 Å². The first kappa shape index (κ1) is 14.4. The van der Waals surface area contributed by atoms with Crippen LogP contribution in [0.4, 0.5) is 35.1 Å². The van der Waals surface area contributed by atoms with Crippen molar-refractivity contribution in [1.29, 1.82) is 0 Å². The fraction of sp³-hybridized carbons (Fsp3) is 1.00. The van der Waals surface area contributed by atoms with Crippen LogP contribution in [0.5, 0.6) is 0 Å². The lowest BCUT2D eigenvalue weighted by atomic mass is 10.3. The van der Waals surface area contributed by atoms with Gasteiger partial charge in [-0.25, -0.2) is 9.13 Å². The van der Waals surface area contributed by atoms with E-state index in [0.29, 0.717) is 0 Å². The van der Waals surface area contributed by atoms with Gasteiger partial charge in [0.15, 0.2) is 0 Å². The Morgan fingerprint density at radius 3 is 1.65 bits per heavy atom. The molecule has 1 fully saturated rings. The summed E-state index contributed by atoms with van der Waals surface area (Å²) in [5, 5.41) is -5.94. The maximum absolute atomic E-state index is 12.9. The van der Waals surface area contributed by atoms with Crippen LogP contribution in [0.25, 0.3) is 0 Å². The topological polar surface area (TPSA) is 52.6 Å². The molecule has 13 heteroatoms. The summed E-state index contributed by atoms with van der Waals surface area (Å²) in [6, 6.07) is 0. The molecule has 1 aliphatic rings. The molecule has 0 aliphatic carbocycles. The van der Waals surface area contributed by atoms with E-state index in [1.807, 2.05) is 0 Å². The molecule has 1 atom stereocenters. The van der Waals surface area contributed by atoms with Crippen molar-refractivity contribution in [3.8, 4) is 0 Å². The summed E-state index contributed by atoms with van der Waals surface area (Å²) in [4.78, 5) is 0. The Bertz CT molecular complexity index is 425. The lowest BCUT2D eigenvalue weighted by Crippen LogP contribution is -2.73. The second kappa shape index (κ2) is 3.20. The quantitative estimate of drug-likeness (QED) is 0.575. The monoisotopic (exact) mass is 296 g/mol. The Balaban J connectivity index is 3.22. The minimum Gasteiger partial charge on any atom is -0.222 e. The van der Waals surface area contributed by atoms with Crippen LogP contribution in [0, 0.1) is 0 Å². The highest BCUT2D eigenvalue weighted by atomic mass is 32.2. The third kappa shape index (κ3) is 1.85. The minimum atomic E-state index is -6.37. The number of hydrogen-bond acceptors (Lipinski definition) is 4. The molecular formula is C4F8O4S. The highest BCUT2D eigenvalue weighted by molar-refractivity contribution is 7.89. The lowest BCUT2D eigenvalue weighted by molar-refractivity contribution is -0.473. The third-order valence-electron chi connectivity index (χ3n) is 1.55. The molecule has 0 amide bonds. The molecule has 0 saturated carbocycles. The first-order chi connectivity index (χ1) is 7.16. The second-order valence-electron chi connectivity index (χ2n) is 2.71. The lowest BCUT2D eigenvalue weighted by Gasteiger charge is -2.42. The number of alkyl halides is 8. The Labute approximate surface area is 87.2 Å². The van der Waals surface area contributed by atoms with E-state index in [0.717, 1.165) is 0 Å². The average Bonchev–Trinajstić information content (AvgIpc) is 1.95. The van der Waals surface area contributed by atoms with Gasteiger partial charge in [-0.3, -0.25) is 0 Å². The number of hydrogen-bond donors (Lipinski definition) is 0. The van der Waals surface area contributed by atoms with Gasteiger partial charge in [0.1, 0.15) is 0 Å². The zero-order chi connectivity index (χ0) is 13.9. The molecule has 17 heavy (non-hydrogen) atoms. The van der Waals surface area contributed by atoms with Gasteiger partial charge >= 0.3 is 33.7 Å². The van der Waals surface area contributed by atoms with Crippen molar-refractivity contribution in [3.05, 3.63) is 0 Å². The van der Waals surface area contributed by atoms with E-state index in [2.05, 4.69) is 4.18 Å². The highest BCUT2D eigenvalue weighted by Gasteiger charge is 2.91. The maximum Gasteiger partial charge on any atom is 0.527 e. The smallest absolute Gasteiger partial charge is 0.222 e. The molecule has 0 spiro atoms. The molecule has 1 unspecified atom stereocenters. The zero-order valence-electron chi connectivity index (χ0n) is 7.06. The van der Waals surface area contributed by atoms with Crippen molar-refractivity contribution >= 4 is 10.1 Å². The standard InChI is InChI=1S/C4F8O4S/c5-1(2(6,7)15-4(10,11)12)3(8,9)16-17(1,13)14. The summed E-state index contributed by atoms with van der Waals surface area (Å²) < 4.78 is 121. The van der Waals surface area contributed by atoms with Crippen molar-refractivity contribution < 1.29 is 52.5 Å². The number of ether oxygens (including phenoxy) is 1. The first-order valence-corrected chi connectivity index (χ1v) is 4.74. The van der Waals surface area contributed by atoms with Gasteiger partial charge in [-0.15, -0.1) is 13.2 Å². The predicted molar refractivity (Wildman–Crippen MR) is 30.9 cm³/mol. The Morgan fingerprint density at radius 1 is 1.00 bits per heavy atom. The van der Waals surface area contributed by atoms with Crippen LogP contribution in [0.1, 0.15) is 0 Å². The molecule has 0 radical (unpaired) electrons.